The lowest BCUT2D eigenvalue weighted by atomic mass is 10.1. The Morgan fingerprint density at radius 3 is 2.47 bits per heavy atom. The van der Waals surface area contributed by atoms with Crippen LogP contribution in [0.15, 0.2) is 23.1 Å². The molecule has 0 aliphatic carbocycles. The van der Waals surface area contributed by atoms with Crippen molar-refractivity contribution in [3.63, 3.8) is 0 Å². The molecular weight excluding hydrogens is 264 g/mol. The molecule has 0 amide bonds. The van der Waals surface area contributed by atoms with Gasteiger partial charge in [0, 0.05) is 18.8 Å². The average molecular weight is 286 g/mol. The molecule has 108 valence electrons. The van der Waals surface area contributed by atoms with Crippen LogP contribution in [-0.2, 0) is 14.8 Å². The number of nitrogen functional groups attached to an aromatic ring is 1. The Balaban J connectivity index is 2.99. The molecule has 0 bridgehead atoms. The van der Waals surface area contributed by atoms with Crippen LogP contribution in [0.3, 0.4) is 0 Å². The minimum atomic E-state index is -3.55. The molecule has 0 aromatic heterocycles. The number of nitrogens with one attached hydrogen (secondary N) is 1. The summed E-state index contributed by atoms with van der Waals surface area (Å²) in [4.78, 5) is 0.223. The summed E-state index contributed by atoms with van der Waals surface area (Å²) in [5.41, 5.74) is 7.02. The summed E-state index contributed by atoms with van der Waals surface area (Å²) in [7, 11) is -2.00. The standard InChI is InChI=1S/C13H22N2O3S/c1-9(2)13(8-18-4)15-19(16,17)11-5-6-12(14)10(3)7-11/h5-7,9,13,15H,8,14H2,1-4H3. The van der Waals surface area contributed by atoms with E-state index >= 15 is 0 Å². The van der Waals surface area contributed by atoms with E-state index in [2.05, 4.69) is 4.72 Å². The normalized spacial score (nSPS) is 13.7. The van der Waals surface area contributed by atoms with Crippen LogP contribution in [0.25, 0.3) is 0 Å². The number of methoxy groups -OCH3 is 1. The first-order valence-corrected chi connectivity index (χ1v) is 7.63. The molecule has 0 spiro atoms. The van der Waals surface area contributed by atoms with E-state index < -0.39 is 10.0 Å². The average Bonchev–Trinajstić information content (AvgIpc) is 2.31. The predicted octanol–water partition coefficient (Wildman–Crippen LogP) is 1.53. The fourth-order valence-corrected chi connectivity index (χ4v) is 3.08. The smallest absolute Gasteiger partial charge is 0.240 e. The fourth-order valence-electron chi connectivity index (χ4n) is 1.62. The minimum Gasteiger partial charge on any atom is -0.399 e. The molecule has 1 aromatic carbocycles. The third kappa shape index (κ3) is 4.19. The Kier molecular flexibility index (Phi) is 5.34. The molecule has 1 aromatic rings. The van der Waals surface area contributed by atoms with E-state index in [0.717, 1.165) is 5.56 Å². The molecular formula is C13H22N2O3S. The fraction of sp³-hybridized carbons (Fsp3) is 0.538. The summed E-state index contributed by atoms with van der Waals surface area (Å²) in [6.45, 7) is 6.01. The molecule has 1 atom stereocenters. The first-order chi connectivity index (χ1) is 8.77. The van der Waals surface area contributed by atoms with Crippen LogP contribution in [0.1, 0.15) is 19.4 Å². The van der Waals surface area contributed by atoms with Gasteiger partial charge in [-0.25, -0.2) is 13.1 Å². The maximum absolute atomic E-state index is 12.3. The Bertz CT molecular complexity index is 527. The van der Waals surface area contributed by atoms with Gasteiger partial charge in [0.15, 0.2) is 0 Å². The van der Waals surface area contributed by atoms with Gasteiger partial charge in [0.1, 0.15) is 0 Å². The molecule has 0 fully saturated rings. The maximum Gasteiger partial charge on any atom is 0.240 e. The number of ether oxygens (including phenoxy) is 1. The highest BCUT2D eigenvalue weighted by Crippen LogP contribution is 2.18. The Morgan fingerprint density at radius 2 is 2.00 bits per heavy atom. The highest BCUT2D eigenvalue weighted by Gasteiger charge is 2.22. The second kappa shape index (κ2) is 6.36. The largest absolute Gasteiger partial charge is 0.399 e. The van der Waals surface area contributed by atoms with Gasteiger partial charge in [-0.2, -0.15) is 0 Å². The molecule has 0 heterocycles. The Labute approximate surface area is 115 Å². The van der Waals surface area contributed by atoms with Crippen molar-refractivity contribution >= 4 is 15.7 Å². The summed E-state index contributed by atoms with van der Waals surface area (Å²) >= 11 is 0. The monoisotopic (exact) mass is 286 g/mol. The van der Waals surface area contributed by atoms with Crippen molar-refractivity contribution < 1.29 is 13.2 Å². The van der Waals surface area contributed by atoms with Crippen molar-refractivity contribution in [3.05, 3.63) is 23.8 Å². The van der Waals surface area contributed by atoms with Gasteiger partial charge >= 0.3 is 0 Å². The van der Waals surface area contributed by atoms with Gasteiger partial charge in [0.05, 0.1) is 11.5 Å². The van der Waals surface area contributed by atoms with E-state index in [0.29, 0.717) is 12.3 Å². The predicted molar refractivity (Wildman–Crippen MR) is 76.4 cm³/mol. The molecule has 0 radical (unpaired) electrons. The number of aryl methyl sites for hydroxylation is 1. The van der Waals surface area contributed by atoms with Gasteiger partial charge < -0.3 is 10.5 Å². The van der Waals surface area contributed by atoms with E-state index in [4.69, 9.17) is 10.5 Å². The van der Waals surface area contributed by atoms with Crippen LogP contribution in [0.4, 0.5) is 5.69 Å². The topological polar surface area (TPSA) is 81.4 Å². The van der Waals surface area contributed by atoms with Crippen molar-refractivity contribution in [3.8, 4) is 0 Å². The lowest BCUT2D eigenvalue weighted by Crippen LogP contribution is -2.41. The van der Waals surface area contributed by atoms with E-state index in [1.54, 1.807) is 26.2 Å². The number of rotatable bonds is 6. The summed E-state index contributed by atoms with van der Waals surface area (Å²) in [5.74, 6) is 0.143. The Hall–Kier alpha value is -1.11. The first kappa shape index (κ1) is 15.9. The highest BCUT2D eigenvalue weighted by atomic mass is 32.2. The lowest BCUT2D eigenvalue weighted by molar-refractivity contribution is 0.157. The molecule has 3 N–H and O–H groups in total. The van der Waals surface area contributed by atoms with E-state index in [1.807, 2.05) is 13.8 Å². The molecule has 1 rings (SSSR count). The zero-order chi connectivity index (χ0) is 14.6. The molecule has 5 nitrogen and oxygen atoms in total. The summed E-state index contributed by atoms with van der Waals surface area (Å²) < 4.78 is 32.3. The molecule has 19 heavy (non-hydrogen) atoms. The zero-order valence-electron chi connectivity index (χ0n) is 11.8. The van der Waals surface area contributed by atoms with Gasteiger partial charge in [-0.05, 0) is 36.6 Å². The molecule has 6 heteroatoms. The van der Waals surface area contributed by atoms with E-state index in [-0.39, 0.29) is 16.9 Å². The molecule has 1 unspecified atom stereocenters. The van der Waals surface area contributed by atoms with Crippen molar-refractivity contribution in [2.24, 2.45) is 5.92 Å². The van der Waals surface area contributed by atoms with Gasteiger partial charge in [-0.15, -0.1) is 0 Å². The second-order valence-electron chi connectivity index (χ2n) is 4.95. The maximum atomic E-state index is 12.3. The van der Waals surface area contributed by atoms with Crippen molar-refractivity contribution in [2.75, 3.05) is 19.5 Å². The summed E-state index contributed by atoms with van der Waals surface area (Å²) in [6.07, 6.45) is 0. The van der Waals surface area contributed by atoms with Crippen molar-refractivity contribution in [2.45, 2.75) is 31.7 Å². The van der Waals surface area contributed by atoms with Crippen LogP contribution < -0.4 is 10.5 Å². The third-order valence-electron chi connectivity index (χ3n) is 3.01. The van der Waals surface area contributed by atoms with Gasteiger partial charge in [0.2, 0.25) is 10.0 Å². The lowest BCUT2D eigenvalue weighted by Gasteiger charge is -2.21. The zero-order valence-corrected chi connectivity index (χ0v) is 12.6. The van der Waals surface area contributed by atoms with Crippen LogP contribution >= 0.6 is 0 Å². The van der Waals surface area contributed by atoms with Crippen molar-refractivity contribution in [1.82, 2.24) is 4.72 Å². The summed E-state index contributed by atoms with van der Waals surface area (Å²) in [5, 5.41) is 0. The minimum absolute atomic E-state index is 0.143. The second-order valence-corrected chi connectivity index (χ2v) is 6.66. The van der Waals surface area contributed by atoms with Crippen molar-refractivity contribution in [1.29, 1.82) is 0 Å². The summed E-state index contributed by atoms with van der Waals surface area (Å²) in [6, 6.07) is 4.43. The number of nitrogens with two attached hydrogens (primary N) is 1. The van der Waals surface area contributed by atoms with Gasteiger partial charge in [-0.1, -0.05) is 13.8 Å². The number of hydrogen-bond donors (Lipinski definition) is 2. The SMILES string of the molecule is COCC(NS(=O)(=O)c1ccc(N)c(C)c1)C(C)C. The third-order valence-corrected chi connectivity index (χ3v) is 4.50. The van der Waals surface area contributed by atoms with Gasteiger partial charge in [-0.3, -0.25) is 0 Å². The molecule has 0 aliphatic rings. The van der Waals surface area contributed by atoms with Crippen LogP contribution in [0.5, 0.6) is 0 Å². The number of benzene rings is 1. The Morgan fingerprint density at radius 1 is 1.37 bits per heavy atom. The highest BCUT2D eigenvalue weighted by molar-refractivity contribution is 7.89. The first-order valence-electron chi connectivity index (χ1n) is 6.15. The van der Waals surface area contributed by atoms with Crippen LogP contribution in [-0.4, -0.2) is 28.2 Å². The quantitative estimate of drug-likeness (QED) is 0.777. The van der Waals surface area contributed by atoms with Crippen LogP contribution in [0, 0.1) is 12.8 Å². The van der Waals surface area contributed by atoms with Gasteiger partial charge in [0.25, 0.3) is 0 Å². The van der Waals surface area contributed by atoms with E-state index in [9.17, 15) is 8.42 Å². The van der Waals surface area contributed by atoms with E-state index in [1.165, 1.54) is 6.07 Å². The molecule has 0 saturated carbocycles. The molecule has 0 aliphatic heterocycles. The number of hydrogen-bond acceptors (Lipinski definition) is 4. The molecule has 0 saturated heterocycles. The number of sulfonamides is 1. The van der Waals surface area contributed by atoms with Crippen LogP contribution in [0.2, 0.25) is 0 Å². The number of anilines is 1.